The lowest BCUT2D eigenvalue weighted by molar-refractivity contribution is 0.186. The lowest BCUT2D eigenvalue weighted by Gasteiger charge is -2.05. The molecule has 0 saturated carbocycles. The van der Waals surface area contributed by atoms with E-state index >= 15 is 0 Å². The van der Waals surface area contributed by atoms with Crippen LogP contribution >= 0.6 is 0 Å². The minimum absolute atomic E-state index is 0.0745. The molecular formula is C7H9FN2O. The van der Waals surface area contributed by atoms with Gasteiger partial charge >= 0.3 is 0 Å². The molecule has 60 valence electrons. The summed E-state index contributed by atoms with van der Waals surface area (Å²) in [6.45, 7) is 0.0745. The highest BCUT2D eigenvalue weighted by Crippen LogP contribution is 2.10. The van der Waals surface area contributed by atoms with Crippen molar-refractivity contribution in [2.45, 2.75) is 6.10 Å². The summed E-state index contributed by atoms with van der Waals surface area (Å²) in [4.78, 5) is 3.56. The maximum atomic E-state index is 12.4. The quantitative estimate of drug-likeness (QED) is 0.643. The Labute approximate surface area is 63.7 Å². The Hall–Kier alpha value is -1.00. The van der Waals surface area contributed by atoms with Crippen LogP contribution in [0.4, 0.5) is 4.39 Å². The smallest absolute Gasteiger partial charge is 0.141 e. The van der Waals surface area contributed by atoms with E-state index in [1.807, 2.05) is 0 Å². The van der Waals surface area contributed by atoms with Gasteiger partial charge in [0.2, 0.25) is 0 Å². The van der Waals surface area contributed by atoms with Crippen LogP contribution in [0.1, 0.15) is 11.7 Å². The van der Waals surface area contributed by atoms with Gasteiger partial charge in [0.1, 0.15) is 5.82 Å². The molecule has 0 amide bonds. The van der Waals surface area contributed by atoms with E-state index in [0.717, 1.165) is 6.20 Å². The van der Waals surface area contributed by atoms with Gasteiger partial charge in [-0.05, 0) is 6.07 Å². The monoisotopic (exact) mass is 156 g/mol. The number of halogens is 1. The summed E-state index contributed by atoms with van der Waals surface area (Å²) in [5.74, 6) is -0.463. The molecule has 0 fully saturated rings. The Bertz CT molecular complexity index is 242. The molecule has 0 aliphatic heterocycles. The minimum Gasteiger partial charge on any atom is -0.387 e. The maximum Gasteiger partial charge on any atom is 0.141 e. The first-order valence-corrected chi connectivity index (χ1v) is 3.22. The fraction of sp³-hybridized carbons (Fsp3) is 0.286. The number of rotatable bonds is 2. The molecule has 11 heavy (non-hydrogen) atoms. The lowest BCUT2D eigenvalue weighted by atomic mass is 10.2. The Morgan fingerprint density at radius 1 is 1.64 bits per heavy atom. The second kappa shape index (κ2) is 3.41. The fourth-order valence-corrected chi connectivity index (χ4v) is 0.747. The zero-order valence-corrected chi connectivity index (χ0v) is 5.87. The maximum absolute atomic E-state index is 12.4. The van der Waals surface area contributed by atoms with E-state index in [9.17, 15) is 4.39 Å². The Balaban J connectivity index is 2.86. The molecule has 1 aromatic rings. The highest BCUT2D eigenvalue weighted by molar-refractivity contribution is 5.13. The molecule has 1 rings (SSSR count). The molecule has 0 bridgehead atoms. The summed E-state index contributed by atoms with van der Waals surface area (Å²) < 4.78 is 12.4. The van der Waals surface area contributed by atoms with Crippen molar-refractivity contribution in [1.82, 2.24) is 4.98 Å². The predicted molar refractivity (Wildman–Crippen MR) is 38.2 cm³/mol. The third kappa shape index (κ3) is 1.96. The summed E-state index contributed by atoms with van der Waals surface area (Å²) in [6, 6.07) is 1.21. The zero-order chi connectivity index (χ0) is 8.27. The Morgan fingerprint density at radius 3 is 2.91 bits per heavy atom. The van der Waals surface area contributed by atoms with Crippen LogP contribution in [0, 0.1) is 5.82 Å². The molecule has 0 aliphatic carbocycles. The number of aliphatic hydroxyl groups is 1. The zero-order valence-electron chi connectivity index (χ0n) is 5.87. The standard InChI is InChI=1S/C7H9FN2O/c8-6-1-5(3-10-4-6)7(11)2-9/h1,3-4,7,11H,2,9H2/t7-/m0/s1. The molecule has 3 N–H and O–H groups in total. The average molecular weight is 156 g/mol. The molecule has 0 aromatic carbocycles. The molecule has 0 aliphatic rings. The first-order valence-electron chi connectivity index (χ1n) is 3.22. The molecule has 0 radical (unpaired) electrons. The van der Waals surface area contributed by atoms with Gasteiger partial charge in [0.05, 0.1) is 12.3 Å². The van der Waals surface area contributed by atoms with E-state index in [1.165, 1.54) is 12.3 Å². The van der Waals surface area contributed by atoms with Crippen molar-refractivity contribution in [3.63, 3.8) is 0 Å². The van der Waals surface area contributed by atoms with Crippen LogP contribution in [0.25, 0.3) is 0 Å². The van der Waals surface area contributed by atoms with Crippen molar-refractivity contribution >= 4 is 0 Å². The van der Waals surface area contributed by atoms with E-state index in [4.69, 9.17) is 10.8 Å². The second-order valence-corrected chi connectivity index (χ2v) is 2.19. The SMILES string of the molecule is NC[C@H](O)c1cncc(F)c1. The van der Waals surface area contributed by atoms with Gasteiger partial charge in [-0.15, -0.1) is 0 Å². The van der Waals surface area contributed by atoms with Gasteiger partial charge in [-0.25, -0.2) is 4.39 Å². The van der Waals surface area contributed by atoms with Crippen LogP contribution in [-0.2, 0) is 0 Å². The minimum atomic E-state index is -0.821. The van der Waals surface area contributed by atoms with Gasteiger partial charge in [-0.2, -0.15) is 0 Å². The normalized spacial score (nSPS) is 13.0. The van der Waals surface area contributed by atoms with Crippen LogP contribution in [0.3, 0.4) is 0 Å². The predicted octanol–water partition coefficient (Wildman–Crippen LogP) is 0.213. The summed E-state index contributed by atoms with van der Waals surface area (Å²) in [6.07, 6.45) is 1.64. The van der Waals surface area contributed by atoms with Crippen LogP contribution in [-0.4, -0.2) is 16.6 Å². The second-order valence-electron chi connectivity index (χ2n) is 2.19. The molecule has 3 nitrogen and oxygen atoms in total. The first-order chi connectivity index (χ1) is 5.24. The van der Waals surface area contributed by atoms with Crippen molar-refractivity contribution in [3.05, 3.63) is 29.8 Å². The largest absolute Gasteiger partial charge is 0.387 e. The van der Waals surface area contributed by atoms with Gasteiger partial charge < -0.3 is 10.8 Å². The highest BCUT2D eigenvalue weighted by atomic mass is 19.1. The van der Waals surface area contributed by atoms with E-state index in [1.54, 1.807) is 0 Å². The molecular weight excluding hydrogens is 147 g/mol. The van der Waals surface area contributed by atoms with Crippen LogP contribution in [0.15, 0.2) is 18.5 Å². The Morgan fingerprint density at radius 2 is 2.36 bits per heavy atom. The highest BCUT2D eigenvalue weighted by Gasteiger charge is 2.05. The Kier molecular flexibility index (Phi) is 2.51. The molecule has 0 saturated heterocycles. The van der Waals surface area contributed by atoms with E-state index in [0.29, 0.717) is 5.56 Å². The molecule has 1 aromatic heterocycles. The molecule has 0 unspecified atom stereocenters. The third-order valence-electron chi connectivity index (χ3n) is 1.33. The lowest BCUT2D eigenvalue weighted by Crippen LogP contribution is -2.11. The van der Waals surface area contributed by atoms with Crippen molar-refractivity contribution in [3.8, 4) is 0 Å². The van der Waals surface area contributed by atoms with Crippen LogP contribution in [0.2, 0.25) is 0 Å². The van der Waals surface area contributed by atoms with Crippen LogP contribution < -0.4 is 5.73 Å². The number of nitrogens with two attached hydrogens (primary N) is 1. The van der Waals surface area contributed by atoms with Crippen molar-refractivity contribution in [2.75, 3.05) is 6.54 Å². The van der Waals surface area contributed by atoms with E-state index < -0.39 is 11.9 Å². The number of nitrogens with zero attached hydrogens (tertiary/aromatic N) is 1. The molecule has 1 atom stereocenters. The summed E-state index contributed by atoms with van der Waals surface area (Å²) >= 11 is 0. The van der Waals surface area contributed by atoms with E-state index in [-0.39, 0.29) is 6.54 Å². The number of pyridine rings is 1. The fourth-order valence-electron chi connectivity index (χ4n) is 0.747. The number of hydrogen-bond acceptors (Lipinski definition) is 3. The summed E-state index contributed by atoms with van der Waals surface area (Å²) in [7, 11) is 0. The van der Waals surface area contributed by atoms with Gasteiger partial charge in [0, 0.05) is 18.3 Å². The molecule has 0 spiro atoms. The first kappa shape index (κ1) is 8.10. The van der Waals surface area contributed by atoms with Crippen molar-refractivity contribution in [1.29, 1.82) is 0 Å². The van der Waals surface area contributed by atoms with Gasteiger partial charge in [-0.3, -0.25) is 4.98 Å². The average Bonchev–Trinajstić information content (AvgIpc) is 2.03. The van der Waals surface area contributed by atoms with Crippen molar-refractivity contribution < 1.29 is 9.50 Å². The van der Waals surface area contributed by atoms with E-state index in [2.05, 4.69) is 4.98 Å². The molecule has 1 heterocycles. The third-order valence-corrected chi connectivity index (χ3v) is 1.33. The summed E-state index contributed by atoms with van der Waals surface area (Å²) in [5, 5.41) is 9.12. The van der Waals surface area contributed by atoms with Gasteiger partial charge in [0.25, 0.3) is 0 Å². The molecule has 4 heteroatoms. The topological polar surface area (TPSA) is 59.1 Å². The summed E-state index contributed by atoms with van der Waals surface area (Å²) in [5.41, 5.74) is 5.56. The number of aromatic nitrogens is 1. The van der Waals surface area contributed by atoms with Gasteiger partial charge in [-0.1, -0.05) is 0 Å². The number of aliphatic hydroxyl groups excluding tert-OH is 1. The van der Waals surface area contributed by atoms with Crippen molar-refractivity contribution in [2.24, 2.45) is 5.73 Å². The van der Waals surface area contributed by atoms with Gasteiger partial charge in [0.15, 0.2) is 0 Å². The number of hydrogen-bond donors (Lipinski definition) is 2. The van der Waals surface area contributed by atoms with Crippen LogP contribution in [0.5, 0.6) is 0 Å².